The van der Waals surface area contributed by atoms with Gasteiger partial charge in [0.2, 0.25) is 6.10 Å². The number of ether oxygens (including phenoxy) is 13. The Kier molecular flexibility index (Phi) is 44.4. The minimum absolute atomic E-state index is 0.0768. The molecule has 0 bridgehead atoms. The standard InChI is InChI=1S/C33H33NO6S.C28H27NO8.C27H29NO6.C25H25NO6/c1-3-38-33(36)32(41-29-12-8-5-9-13-29)31(35)26-16-20-28(21-17-26)39-22-24-14-18-27(19-15-24)40-23-30(34-37-2)25-10-6-4-7-11-25;1-3-33-27(30)26-25(36-28(31)37-26)21-11-15-23(16-12-21)34-17-19-9-13-22(14-10-19)35-18-24(29-32-2)20-7-5-4-6-8-20;1-3-32-27(30)17-26(29)22-11-15-24(16-12-22)33-18-20-9-13-23(14-10-20)34-19-25(28-31-2)21-7-5-4-6-8-21;1-30-26-23(19-5-3-2-4-6-19)17-32-21-11-7-18(8-12-21)16-31-22-13-9-20(10-14-22)24(27)15-25(28)29/h4-21,31-32,35H,3,22-23H2,1-2H3;4-16,25-26H,3,17-18H2,1-2H3;4-16,26,29H,3,17-19H2,1-2H3;2-14,24,27H,15-17H2,1H3,(H,28,29)/b34-30+;29-24+;28-25+;26-23+. The number of hydrogen-bond acceptors (Lipinski definition) is 30. The second kappa shape index (κ2) is 59.2. The van der Waals surface area contributed by atoms with E-state index in [0.29, 0.717) is 124 Å². The maximum Gasteiger partial charge on any atom is 0.510 e. The molecule has 0 aliphatic carbocycles. The lowest BCUT2D eigenvalue weighted by molar-refractivity contribution is -0.153. The highest BCUT2D eigenvalue weighted by molar-refractivity contribution is 8.00. The van der Waals surface area contributed by atoms with Crippen molar-refractivity contribution in [2.24, 2.45) is 20.6 Å². The van der Waals surface area contributed by atoms with E-state index in [4.69, 9.17) is 86.0 Å². The molecule has 13 aromatic carbocycles. The van der Waals surface area contributed by atoms with Crippen molar-refractivity contribution in [1.29, 1.82) is 0 Å². The fourth-order valence-corrected chi connectivity index (χ4v) is 14.8. The summed E-state index contributed by atoms with van der Waals surface area (Å²) in [7, 11) is 6.03. The molecule has 13 aromatic rings. The molecule has 31 heteroatoms. The number of hydrogen-bond donors (Lipinski definition) is 4. The molecule has 0 aromatic heterocycles. The van der Waals surface area contributed by atoms with Crippen molar-refractivity contribution in [3.8, 4) is 46.0 Å². The molecular weight excluding hydrogens is 1860 g/mol. The summed E-state index contributed by atoms with van der Waals surface area (Å²) >= 11 is 1.28. The molecule has 1 saturated heterocycles. The largest absolute Gasteiger partial charge is 0.510 e. The summed E-state index contributed by atoms with van der Waals surface area (Å²) < 4.78 is 72.1. The van der Waals surface area contributed by atoms with E-state index in [0.717, 1.165) is 49.4 Å². The van der Waals surface area contributed by atoms with Gasteiger partial charge in [0.1, 0.15) is 161 Å². The fraction of sp³-hybridized carbons (Fsp3) is 0.230. The molecule has 1 fully saturated rings. The molecule has 0 saturated carbocycles. The van der Waals surface area contributed by atoms with Crippen molar-refractivity contribution in [2.75, 3.05) is 74.7 Å². The molecule has 14 rings (SSSR count). The molecule has 144 heavy (non-hydrogen) atoms. The molecule has 30 nitrogen and oxygen atoms in total. The molecule has 1 aliphatic rings. The molecule has 0 radical (unpaired) electrons. The summed E-state index contributed by atoms with van der Waals surface area (Å²) in [5.41, 5.74) is 12.7. The Hall–Kier alpha value is -16.5. The predicted molar refractivity (Wildman–Crippen MR) is 543 cm³/mol. The average Bonchev–Trinajstić information content (AvgIpc) is 1.28. The van der Waals surface area contributed by atoms with E-state index in [-0.39, 0.29) is 52.5 Å². The molecule has 1 heterocycles. The van der Waals surface area contributed by atoms with E-state index >= 15 is 0 Å². The van der Waals surface area contributed by atoms with Crippen LogP contribution in [-0.4, -0.2) is 159 Å². The number of aliphatic hydroxyl groups excluding tert-OH is 3. The first kappa shape index (κ1) is 108. The minimum Gasteiger partial charge on any atom is -0.489 e. The topological polar surface area (TPSA) is 373 Å². The van der Waals surface area contributed by atoms with Crippen LogP contribution in [0.5, 0.6) is 46.0 Å². The molecule has 6 unspecified atom stereocenters. The maximum atomic E-state index is 12.6. The van der Waals surface area contributed by atoms with Crippen LogP contribution >= 0.6 is 11.8 Å². The Balaban J connectivity index is 0.000000184. The van der Waals surface area contributed by atoms with Crippen LogP contribution in [0, 0.1) is 0 Å². The normalized spacial score (nSPS) is 13.5. The van der Waals surface area contributed by atoms with Crippen LogP contribution in [0.4, 0.5) is 4.79 Å². The maximum absolute atomic E-state index is 12.6. The first-order valence-electron chi connectivity index (χ1n) is 46.0. The minimum atomic E-state index is -1.13. The molecular formula is C113H114N4O26S. The van der Waals surface area contributed by atoms with Gasteiger partial charge in [0, 0.05) is 27.1 Å². The number of carbonyl (C=O) groups excluding carboxylic acids is 4. The van der Waals surface area contributed by atoms with Gasteiger partial charge in [-0.3, -0.25) is 14.4 Å². The smallest absolute Gasteiger partial charge is 0.489 e. The number of esters is 3. The molecule has 0 spiro atoms. The zero-order valence-corrected chi connectivity index (χ0v) is 81.3. The summed E-state index contributed by atoms with van der Waals surface area (Å²) in [5.74, 6) is 2.78. The second-order valence-corrected chi connectivity index (χ2v) is 32.5. The third-order valence-corrected chi connectivity index (χ3v) is 22.3. The van der Waals surface area contributed by atoms with Gasteiger partial charge in [-0.1, -0.05) is 257 Å². The van der Waals surface area contributed by atoms with Gasteiger partial charge in [0.25, 0.3) is 0 Å². The predicted octanol–water partition coefficient (Wildman–Crippen LogP) is 20.2. The number of cyclic esters (lactones) is 2. The number of carboxylic acid groups (broad SMARTS) is 1. The number of thioether (sulfide) groups is 1. The monoisotopic (exact) mass is 1970 g/mol. The zero-order valence-electron chi connectivity index (χ0n) is 80.5. The van der Waals surface area contributed by atoms with Gasteiger partial charge in [-0.15, -0.1) is 11.8 Å². The average molecular weight is 1980 g/mol. The van der Waals surface area contributed by atoms with Crippen LogP contribution < -0.4 is 37.9 Å². The number of carboxylic acids is 1. The molecule has 6 atom stereocenters. The lowest BCUT2D eigenvalue weighted by atomic mass is 10.0. The molecule has 0 amide bonds. The Morgan fingerprint density at radius 1 is 0.333 bits per heavy atom. The number of aliphatic hydroxyl groups is 3. The lowest BCUT2D eigenvalue weighted by Gasteiger charge is -2.21. The summed E-state index contributed by atoms with van der Waals surface area (Å²) in [6, 6.07) is 106. The highest BCUT2D eigenvalue weighted by atomic mass is 32.2. The van der Waals surface area contributed by atoms with Crippen molar-refractivity contribution >= 4 is 64.6 Å². The molecule has 748 valence electrons. The SMILES string of the molecule is CCOC(=O)C(Sc1ccccc1)C(O)c1ccc(OCc2ccc(OC/C(=N\OC)c3ccccc3)cc2)cc1.CCOC(=O)C1OC(=O)OC1c1ccc(OCc2ccc(OC/C(=N\OC)c3ccccc3)cc2)cc1.CCOC(=O)CC(O)c1ccc(OCc2ccc(OC/C(=N\OC)c3ccccc3)cc2)cc1.CO/N=C(\COc1ccc(COc2ccc(C(O)CC(=O)O)cc2)cc1)c1ccccc1. The van der Waals surface area contributed by atoms with Gasteiger partial charge < -0.3 is 101 Å². The van der Waals surface area contributed by atoms with Crippen LogP contribution in [0.15, 0.2) is 371 Å². The number of benzene rings is 13. The van der Waals surface area contributed by atoms with Gasteiger partial charge >= 0.3 is 30.0 Å². The first-order chi connectivity index (χ1) is 70.3. The second-order valence-electron chi connectivity index (χ2n) is 31.3. The summed E-state index contributed by atoms with van der Waals surface area (Å²) in [6.45, 7) is 8.40. The quantitative estimate of drug-likeness (QED) is 0.00904. The van der Waals surface area contributed by atoms with Crippen molar-refractivity contribution < 1.29 is 125 Å². The van der Waals surface area contributed by atoms with Crippen molar-refractivity contribution in [3.05, 3.63) is 413 Å². The van der Waals surface area contributed by atoms with Crippen LogP contribution in [0.3, 0.4) is 0 Å². The van der Waals surface area contributed by atoms with Crippen molar-refractivity contribution in [3.63, 3.8) is 0 Å². The lowest BCUT2D eigenvalue weighted by Crippen LogP contribution is -2.28. The van der Waals surface area contributed by atoms with E-state index in [2.05, 4.69) is 20.6 Å². The summed E-state index contributed by atoms with van der Waals surface area (Å²) in [4.78, 5) is 79.2. The fourth-order valence-electron chi connectivity index (χ4n) is 13.8. The van der Waals surface area contributed by atoms with Crippen molar-refractivity contribution in [1.82, 2.24) is 0 Å². The zero-order chi connectivity index (χ0) is 102. The van der Waals surface area contributed by atoms with Gasteiger partial charge in [0.05, 0.1) is 44.9 Å². The number of oxime groups is 4. The van der Waals surface area contributed by atoms with Crippen LogP contribution in [-0.2, 0) is 88.6 Å². The highest BCUT2D eigenvalue weighted by Crippen LogP contribution is 2.36. The van der Waals surface area contributed by atoms with E-state index in [9.17, 15) is 39.3 Å². The third-order valence-electron chi connectivity index (χ3n) is 21.1. The summed E-state index contributed by atoms with van der Waals surface area (Å²) in [6.07, 6.45) is -6.31. The van der Waals surface area contributed by atoms with E-state index in [1.165, 1.54) is 40.2 Å². The molecule has 4 N–H and O–H groups in total. The first-order valence-corrected chi connectivity index (χ1v) is 46.9. The highest BCUT2D eigenvalue weighted by Gasteiger charge is 2.44. The van der Waals surface area contributed by atoms with Crippen LogP contribution in [0.1, 0.15) is 125 Å². The van der Waals surface area contributed by atoms with Gasteiger partial charge in [-0.25, -0.2) is 9.59 Å². The Morgan fingerprint density at radius 2 is 0.618 bits per heavy atom. The Morgan fingerprint density at radius 3 is 0.924 bits per heavy atom. The van der Waals surface area contributed by atoms with Gasteiger partial charge in [-0.05, 0) is 174 Å². The van der Waals surface area contributed by atoms with Crippen molar-refractivity contribution in [2.45, 2.75) is 101 Å². The van der Waals surface area contributed by atoms with Gasteiger partial charge in [-0.2, -0.15) is 0 Å². The van der Waals surface area contributed by atoms with E-state index in [1.807, 2.05) is 249 Å². The number of aliphatic carboxylic acids is 1. The molecule has 1 aliphatic heterocycles. The van der Waals surface area contributed by atoms with E-state index < -0.39 is 65.8 Å². The van der Waals surface area contributed by atoms with Gasteiger partial charge in [0.15, 0.2) is 6.10 Å². The Labute approximate surface area is 839 Å². The summed E-state index contributed by atoms with van der Waals surface area (Å²) in [5, 5.41) is 55.3. The number of carbonyl (C=O) groups is 5. The number of rotatable bonds is 48. The van der Waals surface area contributed by atoms with E-state index in [1.54, 1.807) is 118 Å². The number of nitrogens with zero attached hydrogens (tertiary/aromatic N) is 4. The third kappa shape index (κ3) is 36.0. The van der Waals surface area contributed by atoms with Crippen LogP contribution in [0.2, 0.25) is 0 Å². The Bertz CT molecular complexity index is 6170. The van der Waals surface area contributed by atoms with Crippen LogP contribution in [0.25, 0.3) is 0 Å².